The SMILES string of the molecule is Cn1nc(-c2cc(F)ccc2F)c(Br)c1CCN. The van der Waals surface area contributed by atoms with Gasteiger partial charge in [-0.1, -0.05) is 0 Å². The van der Waals surface area contributed by atoms with E-state index >= 15 is 0 Å². The van der Waals surface area contributed by atoms with E-state index in [2.05, 4.69) is 21.0 Å². The monoisotopic (exact) mass is 315 g/mol. The van der Waals surface area contributed by atoms with Gasteiger partial charge in [-0.15, -0.1) is 0 Å². The number of aromatic nitrogens is 2. The number of halogens is 3. The molecular weight excluding hydrogens is 304 g/mol. The zero-order chi connectivity index (χ0) is 13.3. The molecule has 6 heteroatoms. The molecule has 0 aliphatic heterocycles. The molecule has 0 aliphatic carbocycles. The highest BCUT2D eigenvalue weighted by Crippen LogP contribution is 2.32. The Morgan fingerprint density at radius 3 is 2.78 bits per heavy atom. The zero-order valence-electron chi connectivity index (χ0n) is 9.75. The van der Waals surface area contributed by atoms with Gasteiger partial charge in [-0.25, -0.2) is 8.78 Å². The third-order valence-electron chi connectivity index (χ3n) is 2.67. The first-order chi connectivity index (χ1) is 8.54. The molecule has 3 nitrogen and oxygen atoms in total. The van der Waals surface area contributed by atoms with Gasteiger partial charge in [-0.2, -0.15) is 5.10 Å². The highest BCUT2D eigenvalue weighted by Gasteiger charge is 2.18. The molecule has 0 saturated carbocycles. The average molecular weight is 316 g/mol. The molecule has 2 rings (SSSR count). The third kappa shape index (κ3) is 2.30. The number of nitrogens with zero attached hydrogens (tertiary/aromatic N) is 2. The minimum Gasteiger partial charge on any atom is -0.330 e. The molecule has 0 unspecified atom stereocenters. The van der Waals surface area contributed by atoms with Gasteiger partial charge < -0.3 is 5.73 Å². The fourth-order valence-electron chi connectivity index (χ4n) is 1.79. The second-order valence-electron chi connectivity index (χ2n) is 3.90. The van der Waals surface area contributed by atoms with Crippen LogP contribution in [0.3, 0.4) is 0 Å². The van der Waals surface area contributed by atoms with Crippen LogP contribution in [-0.2, 0) is 13.5 Å². The van der Waals surface area contributed by atoms with E-state index in [1.54, 1.807) is 11.7 Å². The van der Waals surface area contributed by atoms with E-state index in [0.29, 0.717) is 23.1 Å². The Labute approximate surface area is 112 Å². The number of rotatable bonds is 3. The highest BCUT2D eigenvalue weighted by molar-refractivity contribution is 9.10. The number of aryl methyl sites for hydroxylation is 1. The molecule has 0 amide bonds. The van der Waals surface area contributed by atoms with Crippen LogP contribution in [-0.4, -0.2) is 16.3 Å². The lowest BCUT2D eigenvalue weighted by Gasteiger charge is -2.01. The van der Waals surface area contributed by atoms with Crippen molar-refractivity contribution in [1.82, 2.24) is 9.78 Å². The summed E-state index contributed by atoms with van der Waals surface area (Å²) in [7, 11) is 1.75. The Bertz CT molecular complexity index is 581. The van der Waals surface area contributed by atoms with Crippen molar-refractivity contribution in [3.8, 4) is 11.3 Å². The molecule has 0 fully saturated rings. The summed E-state index contributed by atoms with van der Waals surface area (Å²) in [6, 6.07) is 3.31. The van der Waals surface area contributed by atoms with Crippen molar-refractivity contribution >= 4 is 15.9 Å². The van der Waals surface area contributed by atoms with Crippen LogP contribution in [0.25, 0.3) is 11.3 Å². The third-order valence-corrected chi connectivity index (χ3v) is 3.50. The summed E-state index contributed by atoms with van der Waals surface area (Å²) < 4.78 is 29.2. The first-order valence-electron chi connectivity index (χ1n) is 5.41. The predicted molar refractivity (Wildman–Crippen MR) is 69.0 cm³/mol. The molecule has 18 heavy (non-hydrogen) atoms. The maximum absolute atomic E-state index is 13.7. The van der Waals surface area contributed by atoms with Gasteiger partial charge in [0, 0.05) is 19.0 Å². The molecule has 1 heterocycles. The molecular formula is C12H12BrF2N3. The van der Waals surface area contributed by atoms with Crippen LogP contribution < -0.4 is 5.73 Å². The second-order valence-corrected chi connectivity index (χ2v) is 4.69. The van der Waals surface area contributed by atoms with Crippen LogP contribution in [0.15, 0.2) is 22.7 Å². The van der Waals surface area contributed by atoms with Gasteiger partial charge in [-0.3, -0.25) is 4.68 Å². The quantitative estimate of drug-likeness (QED) is 0.946. The number of benzene rings is 1. The van der Waals surface area contributed by atoms with Crippen LogP contribution in [0.2, 0.25) is 0 Å². The fourth-order valence-corrected chi connectivity index (χ4v) is 2.54. The molecule has 1 aromatic carbocycles. The second kappa shape index (κ2) is 5.16. The Morgan fingerprint density at radius 2 is 2.11 bits per heavy atom. The van der Waals surface area contributed by atoms with Crippen LogP contribution in [0, 0.1) is 11.6 Å². The molecule has 96 valence electrons. The summed E-state index contributed by atoms with van der Waals surface area (Å²) in [5.41, 5.74) is 6.89. The largest absolute Gasteiger partial charge is 0.330 e. The Hall–Kier alpha value is -1.27. The summed E-state index contributed by atoms with van der Waals surface area (Å²) in [6.07, 6.45) is 0.612. The number of hydrogen-bond donors (Lipinski definition) is 1. The van der Waals surface area contributed by atoms with Gasteiger partial charge in [-0.05, 0) is 40.7 Å². The molecule has 2 N–H and O–H groups in total. The summed E-state index contributed by atoms with van der Waals surface area (Å²) in [5, 5.41) is 4.21. The zero-order valence-corrected chi connectivity index (χ0v) is 11.3. The maximum atomic E-state index is 13.7. The molecule has 0 saturated heterocycles. The lowest BCUT2D eigenvalue weighted by atomic mass is 10.1. The highest BCUT2D eigenvalue weighted by atomic mass is 79.9. The van der Waals surface area contributed by atoms with Gasteiger partial charge >= 0.3 is 0 Å². The van der Waals surface area contributed by atoms with E-state index in [4.69, 9.17) is 5.73 Å². The predicted octanol–water partition coefficient (Wildman–Crippen LogP) is 2.63. The van der Waals surface area contributed by atoms with E-state index in [9.17, 15) is 8.78 Å². The fraction of sp³-hybridized carbons (Fsp3) is 0.250. The molecule has 2 aromatic rings. The van der Waals surface area contributed by atoms with Crippen LogP contribution in [0.4, 0.5) is 8.78 Å². The summed E-state index contributed by atoms with van der Waals surface area (Å²) in [5.74, 6) is -1.00. The molecule has 0 radical (unpaired) electrons. The molecule has 1 aromatic heterocycles. The summed E-state index contributed by atoms with van der Waals surface area (Å²) in [4.78, 5) is 0. The molecule has 0 spiro atoms. The van der Waals surface area contributed by atoms with Crippen LogP contribution in [0.5, 0.6) is 0 Å². The van der Waals surface area contributed by atoms with Gasteiger partial charge in [0.15, 0.2) is 0 Å². The minimum atomic E-state index is -0.505. The van der Waals surface area contributed by atoms with E-state index < -0.39 is 11.6 Å². The number of hydrogen-bond acceptors (Lipinski definition) is 2. The summed E-state index contributed by atoms with van der Waals surface area (Å²) >= 11 is 3.37. The van der Waals surface area contributed by atoms with Gasteiger partial charge in [0.2, 0.25) is 0 Å². The van der Waals surface area contributed by atoms with E-state index in [1.165, 1.54) is 0 Å². The van der Waals surface area contributed by atoms with E-state index in [0.717, 1.165) is 23.9 Å². The normalized spacial score (nSPS) is 10.9. The van der Waals surface area contributed by atoms with E-state index in [1.807, 2.05) is 0 Å². The van der Waals surface area contributed by atoms with E-state index in [-0.39, 0.29) is 5.56 Å². The summed E-state index contributed by atoms with van der Waals surface area (Å²) in [6.45, 7) is 0.462. The Morgan fingerprint density at radius 1 is 1.39 bits per heavy atom. The smallest absolute Gasteiger partial charge is 0.132 e. The van der Waals surface area contributed by atoms with Crippen molar-refractivity contribution in [1.29, 1.82) is 0 Å². The van der Waals surface area contributed by atoms with Crippen molar-refractivity contribution in [3.05, 3.63) is 40.0 Å². The number of nitrogens with two attached hydrogens (primary N) is 1. The van der Waals surface area contributed by atoms with Crippen molar-refractivity contribution < 1.29 is 8.78 Å². The minimum absolute atomic E-state index is 0.140. The van der Waals surface area contributed by atoms with Crippen molar-refractivity contribution in [3.63, 3.8) is 0 Å². The topological polar surface area (TPSA) is 43.8 Å². The van der Waals surface area contributed by atoms with Gasteiger partial charge in [0.25, 0.3) is 0 Å². The van der Waals surface area contributed by atoms with Gasteiger partial charge in [0.1, 0.15) is 17.3 Å². The van der Waals surface area contributed by atoms with Crippen LogP contribution >= 0.6 is 15.9 Å². The van der Waals surface area contributed by atoms with Gasteiger partial charge in [0.05, 0.1) is 10.2 Å². The van der Waals surface area contributed by atoms with Crippen molar-refractivity contribution in [2.75, 3.05) is 6.54 Å². The van der Waals surface area contributed by atoms with Crippen molar-refractivity contribution in [2.45, 2.75) is 6.42 Å². The maximum Gasteiger partial charge on any atom is 0.132 e. The Balaban J connectivity index is 2.57. The lowest BCUT2D eigenvalue weighted by molar-refractivity contribution is 0.602. The average Bonchev–Trinajstić information content (AvgIpc) is 2.61. The Kier molecular flexibility index (Phi) is 3.77. The first kappa shape index (κ1) is 13.2. The molecule has 0 aliphatic rings. The van der Waals surface area contributed by atoms with Crippen molar-refractivity contribution in [2.24, 2.45) is 12.8 Å². The van der Waals surface area contributed by atoms with Crippen LogP contribution in [0.1, 0.15) is 5.69 Å². The first-order valence-corrected chi connectivity index (χ1v) is 6.20. The standard InChI is InChI=1S/C12H12BrF2N3/c1-18-10(4-5-16)11(13)12(17-18)8-6-7(14)2-3-9(8)15/h2-3,6H,4-5,16H2,1H3. The molecule has 0 atom stereocenters. The lowest BCUT2D eigenvalue weighted by Crippen LogP contribution is -2.07. The molecule has 0 bridgehead atoms.